The van der Waals surface area contributed by atoms with Crippen molar-refractivity contribution in [3.8, 4) is 0 Å². The number of thiophene rings is 1. The van der Waals surface area contributed by atoms with Crippen LogP contribution in [0.4, 0.5) is 0 Å². The Hall–Kier alpha value is -1.98. The van der Waals surface area contributed by atoms with Gasteiger partial charge in [-0.15, -0.1) is 11.3 Å². The summed E-state index contributed by atoms with van der Waals surface area (Å²) in [6.45, 7) is 1.97. The number of hydrogen-bond acceptors (Lipinski definition) is 4. The summed E-state index contributed by atoms with van der Waals surface area (Å²) in [5.41, 5.74) is 3.98. The lowest BCUT2D eigenvalue weighted by molar-refractivity contribution is -0.129. The molecule has 19 heavy (non-hydrogen) atoms. The van der Waals surface area contributed by atoms with Crippen LogP contribution < -0.4 is 5.43 Å². The minimum Gasteiger partial charge on any atom is -0.378 e. The molecule has 0 spiro atoms. The first-order chi connectivity index (χ1) is 9.18. The van der Waals surface area contributed by atoms with Gasteiger partial charge in [-0.2, -0.15) is 5.10 Å². The predicted octanol–water partition coefficient (Wildman–Crippen LogP) is 2.24. The zero-order chi connectivity index (χ0) is 13.7. The number of aryl methyl sites for hydroxylation is 1. The number of hydrogen-bond donors (Lipinski definition) is 2. The maximum Gasteiger partial charge on any atom is 0.273 e. The fourth-order valence-corrected chi connectivity index (χ4v) is 2.31. The number of benzene rings is 1. The molecular weight excluding hydrogens is 260 g/mol. The van der Waals surface area contributed by atoms with Crippen molar-refractivity contribution in [1.82, 2.24) is 5.43 Å². The molecule has 4 nitrogen and oxygen atoms in total. The Morgan fingerprint density at radius 2 is 2.11 bits per heavy atom. The summed E-state index contributed by atoms with van der Waals surface area (Å²) in [5.74, 6) is -0.545. The highest BCUT2D eigenvalue weighted by molar-refractivity contribution is 7.11. The number of nitrogens with one attached hydrogen (secondary N) is 1. The monoisotopic (exact) mass is 274 g/mol. The first-order valence-electron chi connectivity index (χ1n) is 5.78. The molecule has 0 saturated carbocycles. The summed E-state index contributed by atoms with van der Waals surface area (Å²) in [6.07, 6.45) is 0.373. The molecule has 1 amide bonds. The van der Waals surface area contributed by atoms with Crippen molar-refractivity contribution in [3.05, 3.63) is 57.8 Å². The van der Waals surface area contributed by atoms with Crippen LogP contribution in [0.3, 0.4) is 0 Å². The number of nitrogens with zero attached hydrogens (tertiary/aromatic N) is 1. The number of aliphatic hydroxyl groups is 1. The topological polar surface area (TPSA) is 61.7 Å². The second-order valence-electron chi connectivity index (χ2n) is 4.02. The van der Waals surface area contributed by atoms with Crippen LogP contribution in [-0.4, -0.2) is 17.2 Å². The summed E-state index contributed by atoms with van der Waals surface area (Å²) in [7, 11) is 0. The van der Waals surface area contributed by atoms with Gasteiger partial charge in [0.15, 0.2) is 6.10 Å². The Morgan fingerprint density at radius 3 is 2.74 bits per heavy atom. The van der Waals surface area contributed by atoms with E-state index in [0.717, 1.165) is 10.4 Å². The second kappa shape index (κ2) is 6.26. The molecule has 2 rings (SSSR count). The average molecular weight is 274 g/mol. The Morgan fingerprint density at radius 1 is 1.37 bits per heavy atom. The third-order valence-electron chi connectivity index (χ3n) is 2.62. The number of carbonyl (C=O) groups excluding carboxylic acids is 1. The first kappa shape index (κ1) is 13.5. The SMILES string of the molecule is Cc1ccsc1/C=N\NC(=O)[C@@H](O)c1ccccc1. The molecule has 1 heterocycles. The van der Waals surface area contributed by atoms with Gasteiger partial charge in [-0.25, -0.2) is 5.43 Å². The number of carbonyl (C=O) groups is 1. The van der Waals surface area contributed by atoms with E-state index in [1.807, 2.05) is 24.4 Å². The van der Waals surface area contributed by atoms with Gasteiger partial charge in [-0.3, -0.25) is 4.79 Å². The van der Waals surface area contributed by atoms with Crippen LogP contribution in [0.25, 0.3) is 0 Å². The van der Waals surface area contributed by atoms with Crippen molar-refractivity contribution in [1.29, 1.82) is 0 Å². The molecule has 1 aromatic carbocycles. The van der Waals surface area contributed by atoms with E-state index >= 15 is 0 Å². The Balaban J connectivity index is 1.95. The molecular formula is C14H14N2O2S. The maximum absolute atomic E-state index is 11.7. The van der Waals surface area contributed by atoms with Gasteiger partial charge in [0.2, 0.25) is 0 Å². The minimum absolute atomic E-state index is 0.544. The molecule has 98 valence electrons. The second-order valence-corrected chi connectivity index (χ2v) is 4.96. The normalized spacial score (nSPS) is 12.5. The molecule has 1 aromatic heterocycles. The molecule has 2 aromatic rings. The Bertz CT molecular complexity index is 578. The van der Waals surface area contributed by atoms with E-state index in [9.17, 15) is 9.90 Å². The lowest BCUT2D eigenvalue weighted by Gasteiger charge is -2.08. The first-order valence-corrected chi connectivity index (χ1v) is 6.66. The zero-order valence-corrected chi connectivity index (χ0v) is 11.2. The number of amides is 1. The van der Waals surface area contributed by atoms with Crippen LogP contribution in [0.5, 0.6) is 0 Å². The van der Waals surface area contributed by atoms with Crippen molar-refractivity contribution >= 4 is 23.5 Å². The summed E-state index contributed by atoms with van der Waals surface area (Å²) in [6, 6.07) is 10.7. The Labute approximate surface area is 115 Å². The highest BCUT2D eigenvalue weighted by atomic mass is 32.1. The van der Waals surface area contributed by atoms with Gasteiger partial charge in [0.25, 0.3) is 5.91 Å². The summed E-state index contributed by atoms with van der Waals surface area (Å²) in [4.78, 5) is 12.7. The molecule has 0 fully saturated rings. The molecule has 5 heteroatoms. The number of aliphatic hydroxyl groups excluding tert-OH is 1. The van der Waals surface area contributed by atoms with Gasteiger partial charge in [0.1, 0.15) is 0 Å². The molecule has 0 bridgehead atoms. The molecule has 1 atom stereocenters. The van der Waals surface area contributed by atoms with Crippen molar-refractivity contribution in [2.75, 3.05) is 0 Å². The largest absolute Gasteiger partial charge is 0.378 e. The molecule has 0 unspecified atom stereocenters. The molecule has 2 N–H and O–H groups in total. The zero-order valence-electron chi connectivity index (χ0n) is 10.4. The number of rotatable bonds is 4. The highest BCUT2D eigenvalue weighted by Gasteiger charge is 2.15. The Kier molecular flexibility index (Phi) is 4.43. The average Bonchev–Trinajstić information content (AvgIpc) is 2.84. The van der Waals surface area contributed by atoms with Crippen LogP contribution in [-0.2, 0) is 4.79 Å². The quantitative estimate of drug-likeness (QED) is 0.663. The highest BCUT2D eigenvalue weighted by Crippen LogP contribution is 2.13. The van der Waals surface area contributed by atoms with Crippen LogP contribution in [0.2, 0.25) is 0 Å². The lowest BCUT2D eigenvalue weighted by atomic mass is 10.1. The third-order valence-corrected chi connectivity index (χ3v) is 3.58. The van der Waals surface area contributed by atoms with Gasteiger partial charge in [0, 0.05) is 4.88 Å². The molecule has 0 aliphatic carbocycles. The molecule has 0 radical (unpaired) electrons. The van der Waals surface area contributed by atoms with E-state index in [4.69, 9.17) is 0 Å². The summed E-state index contributed by atoms with van der Waals surface area (Å²) >= 11 is 1.54. The fourth-order valence-electron chi connectivity index (χ4n) is 1.52. The van der Waals surface area contributed by atoms with E-state index in [-0.39, 0.29) is 0 Å². The standard InChI is InChI=1S/C14H14N2O2S/c1-10-7-8-19-12(10)9-15-16-14(18)13(17)11-5-3-2-4-6-11/h2-9,13,17H,1H3,(H,16,18)/b15-9-/t13-/m0/s1. The van der Waals surface area contributed by atoms with E-state index in [2.05, 4.69) is 10.5 Å². The molecule has 0 aliphatic rings. The van der Waals surface area contributed by atoms with Crippen LogP contribution >= 0.6 is 11.3 Å². The lowest BCUT2D eigenvalue weighted by Crippen LogP contribution is -2.25. The number of hydrazone groups is 1. The van der Waals surface area contributed by atoms with Gasteiger partial charge in [-0.1, -0.05) is 30.3 Å². The van der Waals surface area contributed by atoms with E-state index in [1.54, 1.807) is 41.8 Å². The van der Waals surface area contributed by atoms with Crippen LogP contribution in [0, 0.1) is 6.92 Å². The van der Waals surface area contributed by atoms with Crippen molar-refractivity contribution in [3.63, 3.8) is 0 Å². The van der Waals surface area contributed by atoms with E-state index < -0.39 is 12.0 Å². The van der Waals surface area contributed by atoms with Gasteiger partial charge < -0.3 is 5.11 Å². The van der Waals surface area contributed by atoms with Crippen molar-refractivity contribution < 1.29 is 9.90 Å². The van der Waals surface area contributed by atoms with Crippen molar-refractivity contribution in [2.24, 2.45) is 5.10 Å². The smallest absolute Gasteiger partial charge is 0.273 e. The predicted molar refractivity (Wildman–Crippen MR) is 76.2 cm³/mol. The van der Waals surface area contributed by atoms with Gasteiger partial charge >= 0.3 is 0 Å². The van der Waals surface area contributed by atoms with Gasteiger partial charge in [0.05, 0.1) is 6.21 Å². The molecule has 0 aliphatic heterocycles. The van der Waals surface area contributed by atoms with Crippen LogP contribution in [0.15, 0.2) is 46.9 Å². The van der Waals surface area contributed by atoms with Gasteiger partial charge in [-0.05, 0) is 29.5 Å². The van der Waals surface area contributed by atoms with E-state index in [0.29, 0.717) is 5.56 Å². The minimum atomic E-state index is -1.21. The van der Waals surface area contributed by atoms with Crippen molar-refractivity contribution in [2.45, 2.75) is 13.0 Å². The summed E-state index contributed by atoms with van der Waals surface area (Å²) in [5, 5.41) is 15.6. The third kappa shape index (κ3) is 3.49. The van der Waals surface area contributed by atoms with Crippen LogP contribution in [0.1, 0.15) is 22.1 Å². The summed E-state index contributed by atoms with van der Waals surface area (Å²) < 4.78 is 0. The maximum atomic E-state index is 11.7. The fraction of sp³-hybridized carbons (Fsp3) is 0.143. The molecule has 0 saturated heterocycles. The van der Waals surface area contributed by atoms with E-state index in [1.165, 1.54) is 0 Å².